The van der Waals surface area contributed by atoms with Crippen LogP contribution in [0.5, 0.6) is 0 Å². The molecule has 0 amide bonds. The molecule has 0 rings (SSSR count). The Morgan fingerprint density at radius 3 is 2.29 bits per heavy atom. The molecule has 0 aliphatic rings. The average Bonchev–Trinajstić information content (AvgIpc) is 1.96. The second-order valence-electron chi connectivity index (χ2n) is 3.74. The summed E-state index contributed by atoms with van der Waals surface area (Å²) in [6.45, 7) is 6.67. The van der Waals surface area contributed by atoms with Crippen molar-refractivity contribution in [3.63, 3.8) is 0 Å². The van der Waals surface area contributed by atoms with Crippen LogP contribution in [-0.4, -0.2) is 28.0 Å². The van der Waals surface area contributed by atoms with Gasteiger partial charge in [0.1, 0.15) is 11.6 Å². The molecule has 82 valence electrons. The minimum atomic E-state index is -1.01. The fourth-order valence-corrected chi connectivity index (χ4v) is 1.12. The van der Waals surface area contributed by atoms with Gasteiger partial charge in [0, 0.05) is 11.9 Å². The van der Waals surface area contributed by atoms with E-state index in [1.165, 1.54) is 6.92 Å². The number of aliphatic carboxylic acids is 1. The zero-order valence-electron chi connectivity index (χ0n) is 8.66. The van der Waals surface area contributed by atoms with Crippen LogP contribution in [0.4, 0.5) is 4.79 Å². The molecule has 5 nitrogen and oxygen atoms in total. The van der Waals surface area contributed by atoms with Crippen LogP contribution in [0.15, 0.2) is 0 Å². The fraction of sp³-hybridized carbons (Fsp3) is 0.750. The highest BCUT2D eigenvalue weighted by molar-refractivity contribution is 8.11. The number of carboxylic acids is 1. The first-order valence-corrected chi connectivity index (χ1v) is 4.92. The summed E-state index contributed by atoms with van der Waals surface area (Å²) in [5, 5.41) is 7.96. The Bertz CT molecular complexity index is 224. The Morgan fingerprint density at radius 1 is 1.43 bits per heavy atom. The van der Waals surface area contributed by atoms with Gasteiger partial charge in [-0.25, -0.2) is 9.52 Å². The number of rotatable bonds is 3. The minimum absolute atomic E-state index is 0.536. The Labute approximate surface area is 87.3 Å². The van der Waals surface area contributed by atoms with E-state index in [1.54, 1.807) is 20.8 Å². The molecular formula is C8H15NO4S. The number of carboxylic acid groups (broad SMARTS) is 1. The van der Waals surface area contributed by atoms with Gasteiger partial charge in [0.2, 0.25) is 0 Å². The Balaban J connectivity index is 3.81. The third-order valence-corrected chi connectivity index (χ3v) is 1.80. The lowest BCUT2D eigenvalue weighted by Gasteiger charge is -2.19. The van der Waals surface area contributed by atoms with Crippen LogP contribution in [0.1, 0.15) is 27.7 Å². The zero-order chi connectivity index (χ0) is 11.4. The SMILES string of the molecule is C[C@H](NSC(=O)OC(C)(C)C)C(=O)O. The number of carbonyl (C=O) groups excluding carboxylic acids is 1. The first-order chi connectivity index (χ1) is 6.22. The van der Waals surface area contributed by atoms with Crippen LogP contribution < -0.4 is 4.72 Å². The molecule has 0 bridgehead atoms. The number of nitrogens with one attached hydrogen (secondary N) is 1. The van der Waals surface area contributed by atoms with E-state index in [0.29, 0.717) is 11.9 Å². The molecule has 14 heavy (non-hydrogen) atoms. The maximum Gasteiger partial charge on any atom is 0.383 e. The summed E-state index contributed by atoms with van der Waals surface area (Å²) in [6, 6.07) is -0.785. The molecule has 0 aromatic carbocycles. The molecule has 6 heteroatoms. The van der Waals surface area contributed by atoms with Crippen molar-refractivity contribution < 1.29 is 19.4 Å². The summed E-state index contributed by atoms with van der Waals surface area (Å²) < 4.78 is 7.38. The lowest BCUT2D eigenvalue weighted by molar-refractivity contribution is -0.138. The van der Waals surface area contributed by atoms with E-state index in [2.05, 4.69) is 4.72 Å². The van der Waals surface area contributed by atoms with E-state index in [0.717, 1.165) is 0 Å². The molecule has 0 saturated heterocycles. The van der Waals surface area contributed by atoms with Crippen molar-refractivity contribution >= 4 is 23.2 Å². The minimum Gasteiger partial charge on any atom is -0.480 e. The van der Waals surface area contributed by atoms with Gasteiger partial charge in [0.25, 0.3) is 0 Å². The average molecular weight is 221 g/mol. The molecule has 0 aromatic rings. The van der Waals surface area contributed by atoms with Crippen LogP contribution in [0.25, 0.3) is 0 Å². The lowest BCUT2D eigenvalue weighted by Crippen LogP contribution is -2.31. The van der Waals surface area contributed by atoms with Gasteiger partial charge in [-0.05, 0) is 27.7 Å². The topological polar surface area (TPSA) is 75.6 Å². The van der Waals surface area contributed by atoms with Crippen molar-refractivity contribution in [3.8, 4) is 0 Å². The largest absolute Gasteiger partial charge is 0.480 e. The molecule has 0 aromatic heterocycles. The summed E-state index contributed by atoms with van der Waals surface area (Å²) >= 11 is 0.648. The highest BCUT2D eigenvalue weighted by atomic mass is 32.2. The molecule has 1 atom stereocenters. The predicted molar refractivity (Wildman–Crippen MR) is 54.1 cm³/mol. The van der Waals surface area contributed by atoms with Crippen LogP contribution in [-0.2, 0) is 9.53 Å². The van der Waals surface area contributed by atoms with Gasteiger partial charge >= 0.3 is 11.3 Å². The van der Waals surface area contributed by atoms with Crippen molar-refractivity contribution in [2.45, 2.75) is 39.3 Å². The van der Waals surface area contributed by atoms with Gasteiger partial charge in [0.05, 0.1) is 0 Å². The van der Waals surface area contributed by atoms with E-state index in [1.807, 2.05) is 0 Å². The van der Waals surface area contributed by atoms with Crippen molar-refractivity contribution in [1.29, 1.82) is 0 Å². The summed E-state index contributed by atoms with van der Waals surface area (Å²) in [5.74, 6) is -1.01. The normalized spacial score (nSPS) is 13.4. The summed E-state index contributed by atoms with van der Waals surface area (Å²) in [6.07, 6.45) is 0. The van der Waals surface area contributed by atoms with Crippen molar-refractivity contribution in [2.75, 3.05) is 0 Å². The maximum absolute atomic E-state index is 11.1. The van der Waals surface area contributed by atoms with Gasteiger partial charge in [-0.3, -0.25) is 4.79 Å². The molecule has 0 aliphatic heterocycles. The Morgan fingerprint density at radius 2 is 1.93 bits per heavy atom. The molecule has 2 N–H and O–H groups in total. The quantitative estimate of drug-likeness (QED) is 0.557. The van der Waals surface area contributed by atoms with E-state index < -0.39 is 22.9 Å². The van der Waals surface area contributed by atoms with E-state index in [4.69, 9.17) is 9.84 Å². The van der Waals surface area contributed by atoms with E-state index in [9.17, 15) is 9.59 Å². The third-order valence-electron chi connectivity index (χ3n) is 1.08. The lowest BCUT2D eigenvalue weighted by atomic mass is 10.2. The molecule has 0 fully saturated rings. The number of hydrogen-bond acceptors (Lipinski definition) is 5. The van der Waals surface area contributed by atoms with Gasteiger partial charge in [-0.15, -0.1) is 0 Å². The third kappa shape index (κ3) is 6.73. The van der Waals surface area contributed by atoms with Crippen molar-refractivity contribution in [2.24, 2.45) is 0 Å². The highest BCUT2D eigenvalue weighted by Crippen LogP contribution is 2.12. The second-order valence-corrected chi connectivity index (χ2v) is 4.52. The summed E-state index contributed by atoms with van der Waals surface area (Å²) in [4.78, 5) is 21.4. The van der Waals surface area contributed by atoms with E-state index in [-0.39, 0.29) is 0 Å². The maximum atomic E-state index is 11.1. The molecule has 0 aliphatic carbocycles. The highest BCUT2D eigenvalue weighted by Gasteiger charge is 2.18. The van der Waals surface area contributed by atoms with Crippen LogP contribution in [0.2, 0.25) is 0 Å². The Hall–Kier alpha value is -0.750. The standard InChI is InChI=1S/C8H15NO4S/c1-5(6(10)11)9-14-7(12)13-8(2,3)4/h5,9H,1-4H3,(H,10,11)/t5-/m0/s1. The first-order valence-electron chi connectivity index (χ1n) is 4.10. The molecule has 0 saturated carbocycles. The molecule has 0 heterocycles. The van der Waals surface area contributed by atoms with Crippen LogP contribution in [0, 0.1) is 0 Å². The van der Waals surface area contributed by atoms with Crippen molar-refractivity contribution in [1.82, 2.24) is 4.72 Å². The van der Waals surface area contributed by atoms with Crippen molar-refractivity contribution in [3.05, 3.63) is 0 Å². The summed E-state index contributed by atoms with van der Waals surface area (Å²) in [5.41, 5.74) is -0.557. The van der Waals surface area contributed by atoms with Gasteiger partial charge in [0.15, 0.2) is 0 Å². The summed E-state index contributed by atoms with van der Waals surface area (Å²) in [7, 11) is 0. The molecule has 0 spiro atoms. The van der Waals surface area contributed by atoms with Gasteiger partial charge in [-0.1, -0.05) is 0 Å². The van der Waals surface area contributed by atoms with Gasteiger partial charge in [-0.2, -0.15) is 0 Å². The first kappa shape index (κ1) is 13.2. The fourth-order valence-electron chi connectivity index (χ4n) is 0.458. The Kier molecular flexibility index (Phi) is 4.93. The smallest absolute Gasteiger partial charge is 0.383 e. The zero-order valence-corrected chi connectivity index (χ0v) is 9.47. The number of hydrogen-bond donors (Lipinski definition) is 2. The number of ether oxygens (including phenoxy) is 1. The van der Waals surface area contributed by atoms with Gasteiger partial charge < -0.3 is 9.84 Å². The van der Waals surface area contributed by atoms with Crippen LogP contribution >= 0.6 is 11.9 Å². The van der Waals surface area contributed by atoms with Crippen LogP contribution in [0.3, 0.4) is 0 Å². The number of carbonyl (C=O) groups is 2. The molecular weight excluding hydrogens is 206 g/mol. The molecule has 0 radical (unpaired) electrons. The van der Waals surface area contributed by atoms with E-state index >= 15 is 0 Å². The molecule has 0 unspecified atom stereocenters. The second kappa shape index (κ2) is 5.21. The predicted octanol–water partition coefficient (Wildman–Crippen LogP) is 1.63. The monoisotopic (exact) mass is 221 g/mol.